The normalized spacial score (nSPS) is 11.9. The smallest absolute Gasteiger partial charge is 0.249 e. The molecule has 192 valence electrons. The number of halogens is 1. The predicted octanol–water partition coefficient (Wildman–Crippen LogP) is 4.52. The van der Waals surface area contributed by atoms with Crippen LogP contribution in [0.5, 0.6) is 5.75 Å². The summed E-state index contributed by atoms with van der Waals surface area (Å²) in [5, 5.41) is 11.2. The van der Waals surface area contributed by atoms with Crippen LogP contribution in [0, 0.1) is 11.7 Å². The molecule has 0 bridgehead atoms. The number of nitrogens with one attached hydrogen (secondary N) is 1. The molecule has 0 aliphatic rings. The zero-order valence-electron chi connectivity index (χ0n) is 21.1. The lowest BCUT2D eigenvalue weighted by molar-refractivity contribution is -0.127. The standard InChI is InChI=1S/C28H30FN5O3/c1-19(2)16-17-30-28(36)27(20-12-14-21(29)15-13-20)34(24-10-6-7-11-25(24)37-3)26(35)18-33-23-9-5-4-8-22(23)31-32-33/h4-15,19,27H,16-18H2,1-3H3,(H,30,36)/t27-/m0/s1. The molecule has 0 unspecified atom stereocenters. The van der Waals surface area contributed by atoms with Crippen molar-refractivity contribution < 1.29 is 18.7 Å². The maximum atomic E-state index is 14.0. The molecule has 0 fully saturated rings. The minimum Gasteiger partial charge on any atom is -0.495 e. The summed E-state index contributed by atoms with van der Waals surface area (Å²) in [5.41, 5.74) is 2.22. The number of rotatable bonds is 10. The molecule has 1 heterocycles. The molecule has 0 aliphatic heterocycles. The van der Waals surface area contributed by atoms with Gasteiger partial charge in [-0.05, 0) is 54.3 Å². The Morgan fingerprint density at radius 3 is 2.46 bits per heavy atom. The van der Waals surface area contributed by atoms with Crippen LogP contribution >= 0.6 is 0 Å². The minimum absolute atomic E-state index is 0.171. The second-order valence-electron chi connectivity index (χ2n) is 9.10. The molecule has 0 spiro atoms. The number of para-hydroxylation sites is 3. The summed E-state index contributed by atoms with van der Waals surface area (Å²) in [6, 6.07) is 18.8. The van der Waals surface area contributed by atoms with Crippen LogP contribution in [0.15, 0.2) is 72.8 Å². The molecule has 1 N–H and O–H groups in total. The monoisotopic (exact) mass is 503 g/mol. The van der Waals surface area contributed by atoms with Crippen molar-refractivity contribution in [3.63, 3.8) is 0 Å². The van der Waals surface area contributed by atoms with Crippen LogP contribution < -0.4 is 15.0 Å². The van der Waals surface area contributed by atoms with Crippen LogP contribution in [0.3, 0.4) is 0 Å². The number of nitrogens with zero attached hydrogens (tertiary/aromatic N) is 4. The number of hydrogen-bond acceptors (Lipinski definition) is 5. The summed E-state index contributed by atoms with van der Waals surface area (Å²) in [5.74, 6) is -0.422. The maximum Gasteiger partial charge on any atom is 0.249 e. The first-order valence-electron chi connectivity index (χ1n) is 12.2. The van der Waals surface area contributed by atoms with Crippen molar-refractivity contribution in [1.29, 1.82) is 0 Å². The highest BCUT2D eigenvalue weighted by Crippen LogP contribution is 2.35. The molecule has 0 saturated carbocycles. The lowest BCUT2D eigenvalue weighted by atomic mass is 10.0. The molecule has 4 rings (SSSR count). The SMILES string of the molecule is COc1ccccc1N(C(=O)Cn1nnc2ccccc21)[C@H](C(=O)NCCC(C)C)c1ccc(F)cc1. The van der Waals surface area contributed by atoms with E-state index in [0.717, 1.165) is 6.42 Å². The Morgan fingerprint density at radius 1 is 1.03 bits per heavy atom. The van der Waals surface area contributed by atoms with Crippen molar-refractivity contribution in [1.82, 2.24) is 20.3 Å². The van der Waals surface area contributed by atoms with E-state index in [0.29, 0.717) is 40.5 Å². The van der Waals surface area contributed by atoms with Gasteiger partial charge in [-0.15, -0.1) is 5.10 Å². The van der Waals surface area contributed by atoms with E-state index >= 15 is 0 Å². The largest absolute Gasteiger partial charge is 0.495 e. The molecule has 37 heavy (non-hydrogen) atoms. The number of fused-ring (bicyclic) bond motifs is 1. The average molecular weight is 504 g/mol. The van der Waals surface area contributed by atoms with Crippen LogP contribution in [-0.4, -0.2) is 40.5 Å². The lowest BCUT2D eigenvalue weighted by Crippen LogP contribution is -2.45. The fourth-order valence-corrected chi connectivity index (χ4v) is 4.13. The summed E-state index contributed by atoms with van der Waals surface area (Å²) < 4.78 is 20.9. The lowest BCUT2D eigenvalue weighted by Gasteiger charge is -2.32. The van der Waals surface area contributed by atoms with E-state index in [1.807, 2.05) is 24.3 Å². The minimum atomic E-state index is -1.08. The van der Waals surface area contributed by atoms with Crippen LogP contribution in [0.25, 0.3) is 11.0 Å². The van der Waals surface area contributed by atoms with E-state index in [2.05, 4.69) is 29.5 Å². The van der Waals surface area contributed by atoms with Gasteiger partial charge in [0.15, 0.2) is 0 Å². The second kappa shape index (κ2) is 11.6. The highest BCUT2D eigenvalue weighted by Gasteiger charge is 2.34. The third-order valence-electron chi connectivity index (χ3n) is 6.03. The van der Waals surface area contributed by atoms with Crippen molar-refractivity contribution in [2.24, 2.45) is 5.92 Å². The Labute approximate surface area is 215 Å². The van der Waals surface area contributed by atoms with Gasteiger partial charge >= 0.3 is 0 Å². The van der Waals surface area contributed by atoms with Gasteiger partial charge in [-0.1, -0.05) is 55.5 Å². The van der Waals surface area contributed by atoms with Crippen LogP contribution in [0.2, 0.25) is 0 Å². The van der Waals surface area contributed by atoms with Gasteiger partial charge in [-0.25, -0.2) is 9.07 Å². The van der Waals surface area contributed by atoms with Gasteiger partial charge in [0.2, 0.25) is 11.8 Å². The van der Waals surface area contributed by atoms with Crippen molar-refractivity contribution in [3.8, 4) is 5.75 Å². The number of carbonyl (C=O) groups excluding carboxylic acids is 2. The molecule has 8 nitrogen and oxygen atoms in total. The molecule has 0 radical (unpaired) electrons. The number of benzene rings is 3. The van der Waals surface area contributed by atoms with E-state index in [1.165, 1.54) is 41.0 Å². The molecule has 0 saturated heterocycles. The van der Waals surface area contributed by atoms with Gasteiger partial charge < -0.3 is 10.1 Å². The van der Waals surface area contributed by atoms with E-state index in [4.69, 9.17) is 4.74 Å². The second-order valence-corrected chi connectivity index (χ2v) is 9.10. The molecule has 9 heteroatoms. The summed E-state index contributed by atoms with van der Waals surface area (Å²) in [6.07, 6.45) is 0.773. The van der Waals surface area contributed by atoms with Gasteiger partial charge in [0, 0.05) is 6.54 Å². The molecule has 4 aromatic rings. The number of amides is 2. The Kier molecular flexibility index (Phi) is 8.12. The maximum absolute atomic E-state index is 14.0. The van der Waals surface area contributed by atoms with E-state index in [9.17, 15) is 14.0 Å². The number of ether oxygens (including phenoxy) is 1. The number of methoxy groups -OCH3 is 1. The zero-order chi connectivity index (χ0) is 26.4. The van der Waals surface area contributed by atoms with Crippen molar-refractivity contribution >= 4 is 28.5 Å². The molecule has 3 aromatic carbocycles. The molecule has 2 amide bonds. The van der Waals surface area contributed by atoms with Gasteiger partial charge in [0.25, 0.3) is 0 Å². The Morgan fingerprint density at radius 2 is 1.73 bits per heavy atom. The summed E-state index contributed by atoms with van der Waals surface area (Å²) in [6.45, 7) is 4.40. The topological polar surface area (TPSA) is 89.3 Å². The number of hydrogen-bond donors (Lipinski definition) is 1. The van der Waals surface area contributed by atoms with Crippen molar-refractivity contribution in [2.75, 3.05) is 18.6 Å². The first-order valence-corrected chi connectivity index (χ1v) is 12.2. The highest BCUT2D eigenvalue weighted by atomic mass is 19.1. The van der Waals surface area contributed by atoms with E-state index in [1.54, 1.807) is 24.3 Å². The quantitative estimate of drug-likeness (QED) is 0.344. The van der Waals surface area contributed by atoms with E-state index < -0.39 is 17.8 Å². The third kappa shape index (κ3) is 5.94. The van der Waals surface area contributed by atoms with Crippen molar-refractivity contribution in [3.05, 3.63) is 84.2 Å². The van der Waals surface area contributed by atoms with Gasteiger partial charge in [0.05, 0.1) is 18.3 Å². The molecule has 0 aliphatic carbocycles. The Bertz CT molecular complexity index is 1370. The van der Waals surface area contributed by atoms with E-state index in [-0.39, 0.29) is 12.5 Å². The highest BCUT2D eigenvalue weighted by molar-refractivity contribution is 6.02. The summed E-state index contributed by atoms with van der Waals surface area (Å²) in [7, 11) is 1.50. The summed E-state index contributed by atoms with van der Waals surface area (Å²) >= 11 is 0. The van der Waals surface area contributed by atoms with Crippen LogP contribution in [-0.2, 0) is 16.1 Å². The molecular weight excluding hydrogens is 473 g/mol. The Hall–Kier alpha value is -4.27. The average Bonchev–Trinajstić information content (AvgIpc) is 3.30. The first-order chi connectivity index (χ1) is 17.9. The van der Waals surface area contributed by atoms with Gasteiger partial charge in [-0.2, -0.15) is 0 Å². The van der Waals surface area contributed by atoms with Gasteiger partial charge in [-0.3, -0.25) is 14.5 Å². The van der Waals surface area contributed by atoms with Crippen LogP contribution in [0.1, 0.15) is 31.9 Å². The molecular formula is C28H30FN5O3. The summed E-state index contributed by atoms with van der Waals surface area (Å²) in [4.78, 5) is 29.1. The Balaban J connectivity index is 1.79. The predicted molar refractivity (Wildman–Crippen MR) is 140 cm³/mol. The fraction of sp³-hybridized carbons (Fsp3) is 0.286. The fourth-order valence-electron chi connectivity index (χ4n) is 4.13. The van der Waals surface area contributed by atoms with Gasteiger partial charge in [0.1, 0.15) is 29.7 Å². The number of anilines is 1. The third-order valence-corrected chi connectivity index (χ3v) is 6.03. The van der Waals surface area contributed by atoms with Crippen molar-refractivity contribution in [2.45, 2.75) is 32.9 Å². The molecule has 1 atom stereocenters. The first kappa shape index (κ1) is 25.8. The number of carbonyl (C=O) groups is 2. The number of aromatic nitrogens is 3. The molecule has 1 aromatic heterocycles. The van der Waals surface area contributed by atoms with Crippen LogP contribution in [0.4, 0.5) is 10.1 Å². The zero-order valence-corrected chi connectivity index (χ0v) is 21.1.